The van der Waals surface area contributed by atoms with Gasteiger partial charge in [0.2, 0.25) is 0 Å². The molecular weight excluding hydrogens is 869 g/mol. The van der Waals surface area contributed by atoms with Crippen molar-refractivity contribution in [1.29, 1.82) is 0 Å². The van der Waals surface area contributed by atoms with Gasteiger partial charge >= 0.3 is 0 Å². The highest BCUT2D eigenvalue weighted by Gasteiger charge is 2.62. The predicted octanol–water partition coefficient (Wildman–Crippen LogP) is 18.4. The van der Waals surface area contributed by atoms with Gasteiger partial charge in [0.25, 0.3) is 0 Å². The molecule has 346 valence electrons. The SMILES string of the molecule is CC1(C)c2ccccc2-c2c(-c3ccccc3)cc(N(c3ccccc3)c3cccc4c3C35c6c(cccc6N(c6ccccc6)c6ccc(-c7ccc(-c8ccccc8)cc7)cc6)CC3CCC5C4)cc21. The number of fused-ring (bicyclic) bond motifs is 5. The van der Waals surface area contributed by atoms with Crippen LogP contribution in [0.4, 0.5) is 34.1 Å². The van der Waals surface area contributed by atoms with Gasteiger partial charge < -0.3 is 9.80 Å². The first-order valence-electron chi connectivity index (χ1n) is 26.0. The van der Waals surface area contributed by atoms with Crippen molar-refractivity contribution in [3.05, 3.63) is 276 Å². The van der Waals surface area contributed by atoms with Gasteiger partial charge in [-0.2, -0.15) is 0 Å². The Morgan fingerprint density at radius 1 is 0.347 bits per heavy atom. The number of benzene rings is 10. The van der Waals surface area contributed by atoms with E-state index in [1.807, 2.05) is 0 Å². The summed E-state index contributed by atoms with van der Waals surface area (Å²) in [6.07, 6.45) is 4.62. The van der Waals surface area contributed by atoms with Gasteiger partial charge in [0.15, 0.2) is 0 Å². The molecular formula is C70H56N2. The van der Waals surface area contributed by atoms with Crippen LogP contribution in [0.5, 0.6) is 0 Å². The summed E-state index contributed by atoms with van der Waals surface area (Å²) >= 11 is 0. The molecule has 72 heavy (non-hydrogen) atoms. The molecule has 0 heterocycles. The van der Waals surface area contributed by atoms with Crippen molar-refractivity contribution in [3.8, 4) is 44.5 Å². The van der Waals surface area contributed by atoms with Gasteiger partial charge in [-0.15, -0.1) is 0 Å². The van der Waals surface area contributed by atoms with Gasteiger partial charge in [-0.25, -0.2) is 0 Å². The Labute approximate surface area is 424 Å². The Morgan fingerprint density at radius 2 is 0.778 bits per heavy atom. The monoisotopic (exact) mass is 924 g/mol. The van der Waals surface area contributed by atoms with Gasteiger partial charge in [0.1, 0.15) is 0 Å². The first-order valence-corrected chi connectivity index (χ1v) is 26.0. The van der Waals surface area contributed by atoms with Crippen LogP contribution in [-0.4, -0.2) is 0 Å². The number of para-hydroxylation sites is 2. The third kappa shape index (κ3) is 6.48. The minimum atomic E-state index is -0.182. The summed E-state index contributed by atoms with van der Waals surface area (Å²) in [6.45, 7) is 4.84. The summed E-state index contributed by atoms with van der Waals surface area (Å²) in [7, 11) is 0. The largest absolute Gasteiger partial charge is 0.310 e. The zero-order valence-electron chi connectivity index (χ0n) is 41.0. The molecule has 0 radical (unpaired) electrons. The number of nitrogens with zero attached hydrogens (tertiary/aromatic N) is 2. The van der Waals surface area contributed by atoms with Crippen molar-refractivity contribution in [2.45, 2.75) is 50.4 Å². The molecule has 3 atom stereocenters. The summed E-state index contributed by atoms with van der Waals surface area (Å²) in [5.41, 5.74) is 25.9. The average molecular weight is 925 g/mol. The third-order valence-corrected chi connectivity index (χ3v) is 17.1. The lowest BCUT2D eigenvalue weighted by Gasteiger charge is -2.40. The normalized spacial score (nSPS) is 18.4. The van der Waals surface area contributed by atoms with Crippen LogP contribution < -0.4 is 9.80 Å². The van der Waals surface area contributed by atoms with E-state index in [1.54, 1.807) is 0 Å². The van der Waals surface area contributed by atoms with E-state index < -0.39 is 0 Å². The molecule has 10 aromatic rings. The molecule has 0 aliphatic heterocycles. The molecule has 0 saturated heterocycles. The summed E-state index contributed by atoms with van der Waals surface area (Å²) < 4.78 is 0. The molecule has 2 heteroatoms. The van der Waals surface area contributed by atoms with Crippen LogP contribution in [0, 0.1) is 11.8 Å². The Kier molecular flexibility index (Phi) is 9.90. The summed E-state index contributed by atoms with van der Waals surface area (Å²) in [4.78, 5) is 5.20. The lowest BCUT2D eigenvalue weighted by atomic mass is 9.68. The van der Waals surface area contributed by atoms with Crippen LogP contribution in [-0.2, 0) is 23.7 Å². The van der Waals surface area contributed by atoms with Gasteiger partial charge in [-0.1, -0.05) is 196 Å². The maximum atomic E-state index is 2.64. The fourth-order valence-corrected chi connectivity index (χ4v) is 14.1. The first-order chi connectivity index (χ1) is 35.5. The maximum absolute atomic E-state index is 2.64. The fourth-order valence-electron chi connectivity index (χ4n) is 14.1. The molecule has 1 fully saturated rings. The number of rotatable bonds is 9. The van der Waals surface area contributed by atoms with Crippen LogP contribution in [0.25, 0.3) is 44.5 Å². The molecule has 0 amide bonds. The van der Waals surface area contributed by atoms with Crippen LogP contribution in [0.3, 0.4) is 0 Å². The van der Waals surface area contributed by atoms with E-state index in [1.165, 1.54) is 125 Å². The Morgan fingerprint density at radius 3 is 1.32 bits per heavy atom. The van der Waals surface area contributed by atoms with Crippen molar-refractivity contribution in [2.24, 2.45) is 11.8 Å². The van der Waals surface area contributed by atoms with Crippen molar-refractivity contribution in [1.82, 2.24) is 0 Å². The molecule has 1 saturated carbocycles. The topological polar surface area (TPSA) is 6.48 Å². The number of anilines is 6. The molecule has 4 aliphatic carbocycles. The Hall–Kier alpha value is -8.20. The van der Waals surface area contributed by atoms with Gasteiger partial charge in [0.05, 0.1) is 11.4 Å². The van der Waals surface area contributed by atoms with Crippen molar-refractivity contribution >= 4 is 34.1 Å². The molecule has 0 aromatic heterocycles. The highest BCUT2D eigenvalue weighted by Crippen LogP contribution is 2.69. The van der Waals surface area contributed by atoms with E-state index in [2.05, 4.69) is 266 Å². The molecule has 1 spiro atoms. The molecule has 2 nitrogen and oxygen atoms in total. The van der Waals surface area contributed by atoms with Gasteiger partial charge in [-0.3, -0.25) is 0 Å². The number of hydrogen-bond donors (Lipinski definition) is 0. The molecule has 4 aliphatic rings. The zero-order chi connectivity index (χ0) is 48.0. The van der Waals surface area contributed by atoms with Gasteiger partial charge in [0, 0.05) is 33.6 Å². The molecule has 3 unspecified atom stereocenters. The molecule has 0 N–H and O–H groups in total. The highest BCUT2D eigenvalue weighted by molar-refractivity contribution is 5.97. The van der Waals surface area contributed by atoms with E-state index in [4.69, 9.17) is 0 Å². The maximum Gasteiger partial charge on any atom is 0.0505 e. The van der Waals surface area contributed by atoms with Gasteiger partial charge in [-0.05, 0) is 176 Å². The predicted molar refractivity (Wildman–Crippen MR) is 301 cm³/mol. The highest BCUT2D eigenvalue weighted by atomic mass is 15.2. The summed E-state index contributed by atoms with van der Waals surface area (Å²) in [5.74, 6) is 0.983. The third-order valence-electron chi connectivity index (χ3n) is 17.1. The second-order valence-corrected chi connectivity index (χ2v) is 21.2. The van der Waals surface area contributed by atoms with Crippen LogP contribution in [0.1, 0.15) is 60.1 Å². The van der Waals surface area contributed by atoms with Crippen LogP contribution >= 0.6 is 0 Å². The van der Waals surface area contributed by atoms with Crippen molar-refractivity contribution in [2.75, 3.05) is 9.80 Å². The van der Waals surface area contributed by atoms with Crippen LogP contribution in [0.2, 0.25) is 0 Å². The minimum absolute atomic E-state index is 0.174. The average Bonchev–Trinajstić information content (AvgIpc) is 4.14. The first kappa shape index (κ1) is 42.7. The van der Waals surface area contributed by atoms with E-state index in [0.29, 0.717) is 11.8 Å². The zero-order valence-corrected chi connectivity index (χ0v) is 41.0. The Bertz CT molecular complexity index is 3650. The standard InChI is InChI=1S/C70H56N2/c1-69(2)62-30-16-15-29-60(62)66-61(51-21-9-4-10-22-51)45-59(46-63(66)69)72(57-27-13-6-14-28-57)65-32-18-24-53-44-55-40-39-54-43-52-23-17-31-64(67(52)70(54,55)68(53)65)71(56-25-11-5-12-26-56)58-41-37-50(38-42-58)49-35-33-48(34-36-49)47-19-7-3-8-20-47/h3-38,41-42,45-46,54-55H,39-40,43-44H2,1-2H3. The van der Waals surface area contributed by atoms with Crippen molar-refractivity contribution < 1.29 is 0 Å². The van der Waals surface area contributed by atoms with E-state index in [9.17, 15) is 0 Å². The second kappa shape index (κ2) is 16.7. The van der Waals surface area contributed by atoms with Crippen LogP contribution in [0.15, 0.2) is 243 Å². The fraction of sp³-hybridized carbons (Fsp3) is 0.143. The summed E-state index contributed by atoms with van der Waals surface area (Å²) in [5, 5.41) is 0. The van der Waals surface area contributed by atoms with E-state index in [-0.39, 0.29) is 10.8 Å². The summed E-state index contributed by atoms with van der Waals surface area (Å²) in [6, 6.07) is 90.9. The number of hydrogen-bond acceptors (Lipinski definition) is 2. The molecule has 10 aromatic carbocycles. The molecule has 14 rings (SSSR count). The molecule has 0 bridgehead atoms. The smallest absolute Gasteiger partial charge is 0.0505 e. The van der Waals surface area contributed by atoms with E-state index >= 15 is 0 Å². The minimum Gasteiger partial charge on any atom is -0.310 e. The Balaban J connectivity index is 0.953. The van der Waals surface area contributed by atoms with E-state index in [0.717, 1.165) is 12.8 Å². The lowest BCUT2D eigenvalue weighted by Crippen LogP contribution is -2.34. The lowest BCUT2D eigenvalue weighted by molar-refractivity contribution is 0.350. The second-order valence-electron chi connectivity index (χ2n) is 21.2. The van der Waals surface area contributed by atoms with Crippen molar-refractivity contribution in [3.63, 3.8) is 0 Å². The quantitative estimate of drug-likeness (QED) is 0.142.